The summed E-state index contributed by atoms with van der Waals surface area (Å²) in [6, 6.07) is 0. The summed E-state index contributed by atoms with van der Waals surface area (Å²) in [6.07, 6.45) is 11.9. The minimum absolute atomic E-state index is 0.118. The SMILES string of the molecule is C=C1CCCO[C@]12CC[C@H]1[C@@H]3CCC4=CC(=O)CC[C@@H]4[C@H]3[C@@H](C#CC)C[C@@]12C. The smallest absolute Gasteiger partial charge is 0.155 e. The molecule has 5 rings (SSSR count). The fourth-order valence-electron chi connectivity index (χ4n) is 8.28. The molecule has 0 amide bonds. The van der Waals surface area contributed by atoms with Gasteiger partial charge in [0.05, 0.1) is 5.60 Å². The van der Waals surface area contributed by atoms with E-state index in [1.54, 1.807) is 0 Å². The maximum Gasteiger partial charge on any atom is 0.155 e. The lowest BCUT2D eigenvalue weighted by molar-refractivity contribution is -0.152. The zero-order chi connectivity index (χ0) is 19.5. The van der Waals surface area contributed by atoms with Crippen molar-refractivity contribution < 1.29 is 9.53 Å². The van der Waals surface area contributed by atoms with Gasteiger partial charge in [0.25, 0.3) is 0 Å². The van der Waals surface area contributed by atoms with E-state index in [4.69, 9.17) is 4.74 Å². The van der Waals surface area contributed by atoms with E-state index in [1.165, 1.54) is 24.0 Å². The molecule has 1 saturated heterocycles. The van der Waals surface area contributed by atoms with Crippen LogP contribution in [-0.4, -0.2) is 18.0 Å². The van der Waals surface area contributed by atoms with Crippen LogP contribution >= 0.6 is 0 Å². The Labute approximate surface area is 170 Å². The largest absolute Gasteiger partial charge is 0.370 e. The third kappa shape index (κ3) is 2.41. The van der Waals surface area contributed by atoms with Crippen molar-refractivity contribution >= 4 is 5.78 Å². The molecule has 1 aliphatic heterocycles. The van der Waals surface area contributed by atoms with Crippen LogP contribution in [0.5, 0.6) is 0 Å². The van der Waals surface area contributed by atoms with Gasteiger partial charge in [-0.25, -0.2) is 0 Å². The molecule has 4 fully saturated rings. The summed E-state index contributed by atoms with van der Waals surface area (Å²) in [7, 11) is 0. The predicted molar refractivity (Wildman–Crippen MR) is 111 cm³/mol. The van der Waals surface area contributed by atoms with E-state index in [0.717, 1.165) is 57.5 Å². The van der Waals surface area contributed by atoms with Crippen molar-refractivity contribution in [3.05, 3.63) is 23.8 Å². The van der Waals surface area contributed by atoms with Gasteiger partial charge in [-0.1, -0.05) is 25.0 Å². The number of fused-ring (bicyclic) bond motifs is 6. The second kappa shape index (κ2) is 6.60. The first-order valence-electron chi connectivity index (χ1n) is 11.5. The summed E-state index contributed by atoms with van der Waals surface area (Å²) in [5.74, 6) is 10.3. The molecule has 0 N–H and O–H groups in total. The monoisotopic (exact) mass is 378 g/mol. The van der Waals surface area contributed by atoms with Gasteiger partial charge in [-0.3, -0.25) is 4.79 Å². The average Bonchev–Trinajstić information content (AvgIpc) is 2.97. The molecule has 3 saturated carbocycles. The first-order valence-corrected chi connectivity index (χ1v) is 11.5. The number of allylic oxidation sites excluding steroid dienone is 1. The Bertz CT molecular complexity index is 795. The number of ketones is 1. The first-order chi connectivity index (χ1) is 13.5. The van der Waals surface area contributed by atoms with Gasteiger partial charge < -0.3 is 4.74 Å². The van der Waals surface area contributed by atoms with Crippen LogP contribution in [0.2, 0.25) is 0 Å². The van der Waals surface area contributed by atoms with Crippen molar-refractivity contribution in [2.75, 3.05) is 6.61 Å². The highest BCUT2D eigenvalue weighted by Crippen LogP contribution is 2.69. The van der Waals surface area contributed by atoms with Gasteiger partial charge in [0.2, 0.25) is 0 Å². The van der Waals surface area contributed by atoms with Crippen LogP contribution in [0.25, 0.3) is 0 Å². The predicted octanol–water partition coefficient (Wildman–Crippen LogP) is 5.48. The number of carbonyl (C=O) groups is 1. The number of rotatable bonds is 0. The lowest BCUT2D eigenvalue weighted by atomic mass is 9.47. The molecule has 1 spiro atoms. The molecule has 0 bridgehead atoms. The Hall–Kier alpha value is -1.33. The minimum atomic E-state index is -0.118. The molecule has 0 aromatic rings. The molecule has 4 aliphatic carbocycles. The molecular weight excluding hydrogens is 344 g/mol. The number of carbonyl (C=O) groups excluding carboxylic acids is 1. The fraction of sp³-hybridized carbons (Fsp3) is 0.731. The number of ether oxygens (including phenoxy) is 1. The molecule has 1 heterocycles. The Balaban J connectivity index is 1.56. The summed E-state index contributed by atoms with van der Waals surface area (Å²) < 4.78 is 6.63. The van der Waals surface area contributed by atoms with E-state index >= 15 is 0 Å². The second-order valence-electron chi connectivity index (χ2n) is 10.3. The fourth-order valence-corrected chi connectivity index (χ4v) is 8.28. The van der Waals surface area contributed by atoms with Gasteiger partial charge in [-0.2, -0.15) is 0 Å². The average molecular weight is 379 g/mol. The Morgan fingerprint density at radius 3 is 2.86 bits per heavy atom. The van der Waals surface area contributed by atoms with Crippen molar-refractivity contribution in [3.63, 3.8) is 0 Å². The van der Waals surface area contributed by atoms with Crippen molar-refractivity contribution in [1.82, 2.24) is 0 Å². The third-order valence-corrected chi connectivity index (χ3v) is 9.30. The Morgan fingerprint density at radius 1 is 1.21 bits per heavy atom. The summed E-state index contributed by atoms with van der Waals surface area (Å²) in [6.45, 7) is 9.92. The minimum Gasteiger partial charge on any atom is -0.370 e. The Kier molecular flexibility index (Phi) is 4.40. The molecule has 0 aromatic carbocycles. The molecule has 0 unspecified atom stereocenters. The van der Waals surface area contributed by atoms with E-state index in [1.807, 2.05) is 13.0 Å². The molecule has 150 valence electrons. The maximum atomic E-state index is 12.0. The number of hydrogen-bond acceptors (Lipinski definition) is 2. The van der Waals surface area contributed by atoms with E-state index in [-0.39, 0.29) is 11.0 Å². The van der Waals surface area contributed by atoms with Crippen molar-refractivity contribution in [2.45, 2.75) is 77.2 Å². The molecule has 28 heavy (non-hydrogen) atoms. The van der Waals surface area contributed by atoms with E-state index in [2.05, 4.69) is 25.3 Å². The van der Waals surface area contributed by atoms with Crippen LogP contribution in [0.3, 0.4) is 0 Å². The van der Waals surface area contributed by atoms with Gasteiger partial charge in [-0.05, 0) is 93.6 Å². The lowest BCUT2D eigenvalue weighted by Crippen LogP contribution is -2.57. The van der Waals surface area contributed by atoms with Crippen LogP contribution in [0.1, 0.15) is 71.6 Å². The van der Waals surface area contributed by atoms with E-state index < -0.39 is 0 Å². The summed E-state index contributed by atoms with van der Waals surface area (Å²) in [4.78, 5) is 12.0. The second-order valence-corrected chi connectivity index (χ2v) is 10.3. The van der Waals surface area contributed by atoms with Crippen molar-refractivity contribution in [3.8, 4) is 11.8 Å². The third-order valence-electron chi connectivity index (χ3n) is 9.30. The standard InChI is InChI=1S/C26H34O2/c1-4-6-19-16-25(3)23(12-13-26(25)17(2)7-5-14-28-26)22-10-8-18-15-20(27)9-11-21(18)24(19)22/h15,19,21-24H,2,5,7-14,16H2,1,3H3/t19-,21-,22-,23-,24+,25-,26+/m0/s1. The first kappa shape index (κ1) is 18.7. The van der Waals surface area contributed by atoms with Crippen LogP contribution in [0, 0.1) is 46.8 Å². The molecule has 7 atom stereocenters. The summed E-state index contributed by atoms with van der Waals surface area (Å²) >= 11 is 0. The van der Waals surface area contributed by atoms with Gasteiger partial charge in [0.15, 0.2) is 5.78 Å². The van der Waals surface area contributed by atoms with Crippen LogP contribution in [-0.2, 0) is 9.53 Å². The van der Waals surface area contributed by atoms with Crippen LogP contribution in [0.15, 0.2) is 23.8 Å². The van der Waals surface area contributed by atoms with E-state index in [9.17, 15) is 4.79 Å². The highest BCUT2D eigenvalue weighted by atomic mass is 16.5. The quantitative estimate of drug-likeness (QED) is 0.412. The van der Waals surface area contributed by atoms with Gasteiger partial charge in [0, 0.05) is 24.4 Å². The summed E-state index contributed by atoms with van der Waals surface area (Å²) in [5.41, 5.74) is 2.83. The van der Waals surface area contributed by atoms with Crippen molar-refractivity contribution in [2.24, 2.45) is 35.0 Å². The molecule has 5 aliphatic rings. The van der Waals surface area contributed by atoms with Crippen LogP contribution in [0.4, 0.5) is 0 Å². The summed E-state index contributed by atoms with van der Waals surface area (Å²) in [5, 5.41) is 0. The zero-order valence-corrected chi connectivity index (χ0v) is 17.6. The Morgan fingerprint density at radius 2 is 2.07 bits per heavy atom. The van der Waals surface area contributed by atoms with Crippen LogP contribution < -0.4 is 0 Å². The molecule has 0 radical (unpaired) electrons. The molecule has 0 aromatic heterocycles. The highest BCUT2D eigenvalue weighted by Gasteiger charge is 2.66. The molecule has 2 heteroatoms. The molecule has 2 nitrogen and oxygen atoms in total. The lowest BCUT2D eigenvalue weighted by Gasteiger charge is -2.59. The van der Waals surface area contributed by atoms with Gasteiger partial charge in [0.1, 0.15) is 0 Å². The van der Waals surface area contributed by atoms with Gasteiger partial charge >= 0.3 is 0 Å². The maximum absolute atomic E-state index is 12.0. The van der Waals surface area contributed by atoms with E-state index in [0.29, 0.717) is 29.5 Å². The zero-order valence-electron chi connectivity index (χ0n) is 17.6. The normalized spacial score (nSPS) is 47.5. The topological polar surface area (TPSA) is 26.3 Å². The molecular formula is C26H34O2. The highest BCUT2D eigenvalue weighted by molar-refractivity contribution is 5.91. The van der Waals surface area contributed by atoms with Crippen molar-refractivity contribution in [1.29, 1.82) is 0 Å². The van der Waals surface area contributed by atoms with Gasteiger partial charge in [-0.15, -0.1) is 5.92 Å². The number of hydrogen-bond donors (Lipinski definition) is 0.